The van der Waals surface area contributed by atoms with Gasteiger partial charge in [-0.3, -0.25) is 0 Å². The topological polar surface area (TPSA) is 18.5 Å². The Morgan fingerprint density at radius 3 is 1.39 bits per heavy atom. The number of halogens is 1. The summed E-state index contributed by atoms with van der Waals surface area (Å²) < 4.78 is 11.1. The molecule has 0 aliphatic carbocycles. The van der Waals surface area contributed by atoms with Crippen LogP contribution in [-0.2, 0) is 0 Å². The van der Waals surface area contributed by atoms with Crippen LogP contribution in [0.5, 0.6) is 11.5 Å². The van der Waals surface area contributed by atoms with E-state index in [0.717, 1.165) is 16.8 Å². The summed E-state index contributed by atoms with van der Waals surface area (Å²) in [4.78, 5) is 0. The van der Waals surface area contributed by atoms with Crippen LogP contribution in [0.2, 0.25) is 0 Å². The highest BCUT2D eigenvalue weighted by molar-refractivity contribution is 9.09. The van der Waals surface area contributed by atoms with Crippen molar-refractivity contribution in [2.24, 2.45) is 0 Å². The Morgan fingerprint density at radius 2 is 1.03 bits per heavy atom. The van der Waals surface area contributed by atoms with Crippen molar-refractivity contribution >= 4 is 15.9 Å². The molecule has 31 heavy (non-hydrogen) atoms. The molecule has 4 aromatic rings. The largest absolute Gasteiger partial charge is 0.497 e. The highest BCUT2D eigenvalue weighted by Crippen LogP contribution is 2.41. The summed E-state index contributed by atoms with van der Waals surface area (Å²) in [5.74, 6) is 1.87. The zero-order valence-corrected chi connectivity index (χ0v) is 19.3. The lowest BCUT2D eigenvalue weighted by atomic mass is 9.83. The van der Waals surface area contributed by atoms with Gasteiger partial charge < -0.3 is 9.47 Å². The van der Waals surface area contributed by atoms with E-state index in [0.29, 0.717) is 0 Å². The number of hydrogen-bond donors (Lipinski definition) is 0. The predicted octanol–water partition coefficient (Wildman–Crippen LogP) is 7.56. The van der Waals surface area contributed by atoms with Crippen LogP contribution in [0, 0.1) is 0 Å². The zero-order chi connectivity index (χ0) is 21.6. The van der Waals surface area contributed by atoms with Crippen LogP contribution in [-0.4, -0.2) is 19.5 Å². The molecule has 0 spiro atoms. The molecule has 0 saturated carbocycles. The lowest BCUT2D eigenvalue weighted by molar-refractivity contribution is 0.414. The Morgan fingerprint density at radius 1 is 0.613 bits per heavy atom. The molecule has 0 N–H and O–H groups in total. The third-order valence-corrected chi connectivity index (χ3v) is 6.24. The number of benzene rings is 4. The summed E-state index contributed by atoms with van der Waals surface area (Å²) in [7, 11) is 3.42. The van der Waals surface area contributed by atoms with E-state index in [9.17, 15) is 0 Å². The Balaban J connectivity index is 1.91. The summed E-state index contributed by atoms with van der Waals surface area (Å²) >= 11 is 3.81. The molecule has 0 aromatic heterocycles. The molecule has 0 unspecified atom stereocenters. The third-order valence-electron chi connectivity index (χ3n) is 5.60. The quantitative estimate of drug-likeness (QED) is 0.258. The van der Waals surface area contributed by atoms with Crippen LogP contribution in [0.4, 0.5) is 0 Å². The summed E-state index contributed by atoms with van der Waals surface area (Å²) in [6.45, 7) is 0. The van der Waals surface area contributed by atoms with Gasteiger partial charge >= 0.3 is 0 Å². The highest BCUT2D eigenvalue weighted by Gasteiger charge is 2.22. The van der Waals surface area contributed by atoms with Gasteiger partial charge in [-0.1, -0.05) is 88.7 Å². The molecule has 2 nitrogen and oxygen atoms in total. The SMILES string of the molecule is COc1ccc(C(CBr)c2ccc(OC)cc2-c2ccccc2)c(-c2ccccc2)c1. The summed E-state index contributed by atoms with van der Waals surface area (Å²) in [6, 6.07) is 33.7. The molecular weight excluding hydrogens is 448 g/mol. The van der Waals surface area contributed by atoms with Crippen molar-refractivity contribution in [2.75, 3.05) is 19.5 Å². The van der Waals surface area contributed by atoms with Gasteiger partial charge in [-0.05, 0) is 57.6 Å². The van der Waals surface area contributed by atoms with Crippen LogP contribution < -0.4 is 9.47 Å². The monoisotopic (exact) mass is 472 g/mol. The van der Waals surface area contributed by atoms with Gasteiger partial charge in [0, 0.05) is 11.2 Å². The van der Waals surface area contributed by atoms with Gasteiger partial charge in [0.05, 0.1) is 14.2 Å². The van der Waals surface area contributed by atoms with E-state index in [1.165, 1.54) is 33.4 Å². The van der Waals surface area contributed by atoms with E-state index < -0.39 is 0 Å². The Labute approximate surface area is 192 Å². The predicted molar refractivity (Wildman–Crippen MR) is 132 cm³/mol. The van der Waals surface area contributed by atoms with E-state index in [-0.39, 0.29) is 5.92 Å². The molecule has 0 amide bonds. The number of ether oxygens (including phenoxy) is 2. The average molecular weight is 473 g/mol. The minimum atomic E-state index is 0.155. The van der Waals surface area contributed by atoms with Gasteiger partial charge in [-0.15, -0.1) is 0 Å². The van der Waals surface area contributed by atoms with Crippen LogP contribution in [0.1, 0.15) is 17.0 Å². The van der Waals surface area contributed by atoms with E-state index in [2.05, 4.69) is 88.7 Å². The standard InChI is InChI=1S/C28H25BrO2/c1-30-22-13-15-24(26(17-22)20-9-5-3-6-10-20)28(19-29)25-16-14-23(31-2)18-27(25)21-11-7-4-8-12-21/h3-18,28H,19H2,1-2H3. The van der Waals surface area contributed by atoms with Crippen molar-refractivity contribution in [1.29, 1.82) is 0 Å². The molecule has 0 aliphatic rings. The molecule has 0 heterocycles. The smallest absolute Gasteiger partial charge is 0.119 e. The maximum atomic E-state index is 5.55. The lowest BCUT2D eigenvalue weighted by Gasteiger charge is -2.23. The second kappa shape index (κ2) is 9.84. The van der Waals surface area contributed by atoms with E-state index in [4.69, 9.17) is 9.47 Å². The molecule has 0 aliphatic heterocycles. The number of rotatable bonds is 7. The van der Waals surface area contributed by atoms with Gasteiger partial charge in [0.25, 0.3) is 0 Å². The van der Waals surface area contributed by atoms with Crippen LogP contribution in [0.25, 0.3) is 22.3 Å². The van der Waals surface area contributed by atoms with Crippen LogP contribution in [0.15, 0.2) is 97.1 Å². The minimum absolute atomic E-state index is 0.155. The maximum Gasteiger partial charge on any atom is 0.119 e. The van der Waals surface area contributed by atoms with Crippen molar-refractivity contribution < 1.29 is 9.47 Å². The fourth-order valence-corrected chi connectivity index (χ4v) is 4.70. The maximum absolute atomic E-state index is 5.55. The highest BCUT2D eigenvalue weighted by atomic mass is 79.9. The first kappa shape index (κ1) is 21.2. The third kappa shape index (κ3) is 4.52. The van der Waals surface area contributed by atoms with Crippen LogP contribution >= 0.6 is 15.9 Å². The summed E-state index contributed by atoms with van der Waals surface area (Å²) in [6.07, 6.45) is 0. The van der Waals surface area contributed by atoms with Crippen molar-refractivity contribution in [1.82, 2.24) is 0 Å². The van der Waals surface area contributed by atoms with Crippen LogP contribution in [0.3, 0.4) is 0 Å². The van der Waals surface area contributed by atoms with E-state index in [1.807, 2.05) is 24.3 Å². The van der Waals surface area contributed by atoms with Gasteiger partial charge in [-0.2, -0.15) is 0 Å². The Kier molecular flexibility index (Phi) is 6.73. The molecule has 0 saturated heterocycles. The fourth-order valence-electron chi connectivity index (χ4n) is 4.00. The Bertz CT molecular complexity index is 1050. The summed E-state index contributed by atoms with van der Waals surface area (Å²) in [5, 5.41) is 0.797. The minimum Gasteiger partial charge on any atom is -0.497 e. The average Bonchev–Trinajstić information content (AvgIpc) is 2.86. The molecule has 0 bridgehead atoms. The van der Waals surface area contributed by atoms with Crippen molar-refractivity contribution in [3.05, 3.63) is 108 Å². The first-order chi connectivity index (χ1) is 15.2. The van der Waals surface area contributed by atoms with E-state index in [1.54, 1.807) is 14.2 Å². The second-order valence-electron chi connectivity index (χ2n) is 7.35. The molecule has 0 atom stereocenters. The first-order valence-electron chi connectivity index (χ1n) is 10.3. The lowest BCUT2D eigenvalue weighted by Crippen LogP contribution is -2.07. The van der Waals surface area contributed by atoms with Crippen molar-refractivity contribution in [3.8, 4) is 33.8 Å². The molecule has 0 fully saturated rings. The summed E-state index contributed by atoms with van der Waals surface area (Å²) in [5.41, 5.74) is 7.23. The number of alkyl halides is 1. The Hall–Kier alpha value is -3.04. The first-order valence-corrected chi connectivity index (χ1v) is 11.4. The fraction of sp³-hybridized carbons (Fsp3) is 0.143. The normalized spacial score (nSPS) is 10.8. The van der Waals surface area contributed by atoms with Gasteiger partial charge in [0.1, 0.15) is 11.5 Å². The van der Waals surface area contributed by atoms with E-state index >= 15 is 0 Å². The molecular formula is C28H25BrO2. The molecule has 0 radical (unpaired) electrons. The van der Waals surface area contributed by atoms with Crippen molar-refractivity contribution in [3.63, 3.8) is 0 Å². The number of methoxy groups -OCH3 is 2. The van der Waals surface area contributed by atoms with Gasteiger partial charge in [0.15, 0.2) is 0 Å². The molecule has 3 heteroatoms. The molecule has 4 aromatic carbocycles. The number of hydrogen-bond acceptors (Lipinski definition) is 2. The molecule has 156 valence electrons. The zero-order valence-electron chi connectivity index (χ0n) is 17.7. The second-order valence-corrected chi connectivity index (χ2v) is 7.99. The van der Waals surface area contributed by atoms with Gasteiger partial charge in [-0.25, -0.2) is 0 Å². The molecule has 4 rings (SSSR count). The van der Waals surface area contributed by atoms with Crippen molar-refractivity contribution in [2.45, 2.75) is 5.92 Å². The van der Waals surface area contributed by atoms with Gasteiger partial charge in [0.2, 0.25) is 0 Å².